The van der Waals surface area contributed by atoms with Crippen LogP contribution in [0.25, 0.3) is 22.2 Å². The molecule has 0 unspecified atom stereocenters. The topological polar surface area (TPSA) is 89.5 Å². The molecule has 0 aliphatic heterocycles. The van der Waals surface area contributed by atoms with Crippen molar-refractivity contribution in [1.29, 1.82) is 0 Å². The van der Waals surface area contributed by atoms with Crippen LogP contribution in [0.3, 0.4) is 0 Å². The van der Waals surface area contributed by atoms with Gasteiger partial charge in [-0.15, -0.1) is 0 Å². The van der Waals surface area contributed by atoms with Gasteiger partial charge < -0.3 is 15.4 Å². The maximum absolute atomic E-state index is 12.7. The van der Waals surface area contributed by atoms with E-state index < -0.39 is 0 Å². The summed E-state index contributed by atoms with van der Waals surface area (Å²) in [6.07, 6.45) is 4.20. The van der Waals surface area contributed by atoms with Crippen LogP contribution in [0.4, 0.5) is 5.82 Å². The number of ether oxygens (including phenoxy) is 1. The second-order valence-electron chi connectivity index (χ2n) is 8.31. The quantitative estimate of drug-likeness (QED) is 0.360. The fourth-order valence-electron chi connectivity index (χ4n) is 4.20. The van der Waals surface area contributed by atoms with Gasteiger partial charge in [0, 0.05) is 25.2 Å². The van der Waals surface area contributed by atoms with E-state index in [0.717, 1.165) is 54.1 Å². The monoisotopic (exact) mass is 472 g/mol. The van der Waals surface area contributed by atoms with Crippen molar-refractivity contribution < 1.29 is 9.53 Å². The Balaban J connectivity index is 1.66. The highest BCUT2D eigenvalue weighted by molar-refractivity contribution is 6.01. The minimum Gasteiger partial charge on any atom is -0.457 e. The molecule has 2 aromatic heterocycles. The lowest BCUT2D eigenvalue weighted by molar-refractivity contribution is -0.118. The highest BCUT2D eigenvalue weighted by Gasteiger charge is 2.21. The van der Waals surface area contributed by atoms with E-state index in [4.69, 9.17) is 10.5 Å². The molecule has 4 aromatic rings. The van der Waals surface area contributed by atoms with Crippen LogP contribution in [0, 0.1) is 0 Å². The summed E-state index contributed by atoms with van der Waals surface area (Å²) in [6.45, 7) is 9.33. The Hall–Kier alpha value is -3.91. The number of para-hydroxylation sites is 1. The number of rotatable bonds is 10. The van der Waals surface area contributed by atoms with Gasteiger partial charge in [0.2, 0.25) is 5.91 Å². The van der Waals surface area contributed by atoms with E-state index in [1.54, 1.807) is 11.9 Å². The first-order valence-corrected chi connectivity index (χ1v) is 12.0. The van der Waals surface area contributed by atoms with Gasteiger partial charge in [0.05, 0.1) is 5.39 Å². The number of amides is 1. The number of nitrogen functional groups attached to an aromatic ring is 1. The van der Waals surface area contributed by atoms with Gasteiger partial charge in [-0.2, -0.15) is 0 Å². The molecule has 0 fully saturated rings. The number of carbonyl (C=O) groups is 1. The summed E-state index contributed by atoms with van der Waals surface area (Å²) in [5.41, 5.74) is 8.69. The van der Waals surface area contributed by atoms with Gasteiger partial charge in [-0.05, 0) is 55.9 Å². The molecule has 8 nitrogen and oxygen atoms in total. The van der Waals surface area contributed by atoms with Crippen molar-refractivity contribution in [3.63, 3.8) is 0 Å². The van der Waals surface area contributed by atoms with Crippen LogP contribution in [0.5, 0.6) is 11.5 Å². The lowest BCUT2D eigenvalue weighted by Gasteiger charge is -2.25. The number of aromatic nitrogens is 3. The standard InChI is InChI=1S/C27H32N6O2/c1-4-31(5-2)16-9-17-32(20(3)34)33-18-24(25-26(28)29-19-30-27(25)33)21-12-14-23(15-13-21)35-22-10-7-6-8-11-22/h6-8,10-15,18-19H,4-5,9,16-17H2,1-3H3,(H2,28,29,30). The molecule has 2 heterocycles. The van der Waals surface area contributed by atoms with E-state index >= 15 is 0 Å². The molecule has 0 radical (unpaired) electrons. The number of carbonyl (C=O) groups excluding carboxylic acids is 1. The average Bonchev–Trinajstić information content (AvgIpc) is 3.26. The predicted molar refractivity (Wildman–Crippen MR) is 140 cm³/mol. The summed E-state index contributed by atoms with van der Waals surface area (Å²) in [6, 6.07) is 17.4. The van der Waals surface area contributed by atoms with Gasteiger partial charge in [0.25, 0.3) is 0 Å². The summed E-state index contributed by atoms with van der Waals surface area (Å²) in [5, 5.41) is 2.44. The number of fused-ring (bicyclic) bond motifs is 1. The summed E-state index contributed by atoms with van der Waals surface area (Å²) in [7, 11) is 0. The predicted octanol–water partition coefficient (Wildman–Crippen LogP) is 4.69. The van der Waals surface area contributed by atoms with Crippen molar-refractivity contribution in [2.24, 2.45) is 0 Å². The smallest absolute Gasteiger partial charge is 0.238 e. The maximum atomic E-state index is 12.7. The van der Waals surface area contributed by atoms with Gasteiger partial charge in [-0.1, -0.05) is 44.2 Å². The number of benzene rings is 2. The minimum atomic E-state index is -0.0585. The first-order chi connectivity index (χ1) is 17.0. The van der Waals surface area contributed by atoms with Crippen molar-refractivity contribution in [3.8, 4) is 22.6 Å². The molecule has 4 rings (SSSR count). The molecule has 0 atom stereocenters. The van der Waals surface area contributed by atoms with Crippen LogP contribution in [0.15, 0.2) is 67.1 Å². The Morgan fingerprint density at radius 2 is 1.66 bits per heavy atom. The van der Waals surface area contributed by atoms with E-state index in [9.17, 15) is 4.79 Å². The number of hydrogen-bond acceptors (Lipinski definition) is 6. The zero-order valence-corrected chi connectivity index (χ0v) is 20.5. The Kier molecular flexibility index (Phi) is 7.62. The van der Waals surface area contributed by atoms with Crippen LogP contribution in [-0.2, 0) is 4.79 Å². The molecule has 0 saturated carbocycles. The van der Waals surface area contributed by atoms with E-state index in [1.807, 2.05) is 65.5 Å². The first kappa shape index (κ1) is 24.2. The molecule has 35 heavy (non-hydrogen) atoms. The SMILES string of the molecule is CCN(CC)CCCN(C(C)=O)n1cc(-c2ccc(Oc3ccccc3)cc2)c2c(N)ncnc21. The third kappa shape index (κ3) is 5.44. The van der Waals surface area contributed by atoms with Gasteiger partial charge in [0.15, 0.2) is 5.65 Å². The largest absolute Gasteiger partial charge is 0.457 e. The van der Waals surface area contributed by atoms with Crippen LogP contribution < -0.4 is 15.5 Å². The molecule has 0 spiro atoms. The third-order valence-corrected chi connectivity index (χ3v) is 6.10. The molecule has 1 amide bonds. The van der Waals surface area contributed by atoms with E-state index in [2.05, 4.69) is 28.7 Å². The van der Waals surface area contributed by atoms with Crippen molar-refractivity contribution >= 4 is 22.8 Å². The maximum Gasteiger partial charge on any atom is 0.238 e. The molecule has 2 N–H and O–H groups in total. The number of anilines is 1. The molecule has 0 aliphatic rings. The Morgan fingerprint density at radius 1 is 0.971 bits per heavy atom. The van der Waals surface area contributed by atoms with Crippen molar-refractivity contribution in [2.75, 3.05) is 36.9 Å². The third-order valence-electron chi connectivity index (χ3n) is 6.10. The van der Waals surface area contributed by atoms with Crippen LogP contribution >= 0.6 is 0 Å². The molecule has 2 aromatic carbocycles. The van der Waals surface area contributed by atoms with Gasteiger partial charge in [0.1, 0.15) is 23.6 Å². The molecule has 8 heteroatoms. The Labute approximate surface area is 205 Å². The van der Waals surface area contributed by atoms with Crippen LogP contribution in [0.1, 0.15) is 27.2 Å². The normalized spacial score (nSPS) is 11.2. The van der Waals surface area contributed by atoms with Crippen LogP contribution in [0.2, 0.25) is 0 Å². The zero-order chi connectivity index (χ0) is 24.8. The minimum absolute atomic E-state index is 0.0585. The summed E-state index contributed by atoms with van der Waals surface area (Å²) in [5.74, 6) is 1.82. The summed E-state index contributed by atoms with van der Waals surface area (Å²) in [4.78, 5) is 23.7. The van der Waals surface area contributed by atoms with Gasteiger partial charge in [-0.3, -0.25) is 4.79 Å². The second kappa shape index (κ2) is 11.0. The second-order valence-corrected chi connectivity index (χ2v) is 8.31. The lowest BCUT2D eigenvalue weighted by Crippen LogP contribution is -2.40. The molecule has 0 saturated heterocycles. The number of nitrogens with two attached hydrogens (primary N) is 1. The lowest BCUT2D eigenvalue weighted by atomic mass is 10.1. The molecule has 0 bridgehead atoms. The number of nitrogens with zero attached hydrogens (tertiary/aromatic N) is 5. The highest BCUT2D eigenvalue weighted by Crippen LogP contribution is 2.34. The zero-order valence-electron chi connectivity index (χ0n) is 20.5. The molecular weight excluding hydrogens is 440 g/mol. The summed E-state index contributed by atoms with van der Waals surface area (Å²) >= 11 is 0. The van der Waals surface area contributed by atoms with Crippen LogP contribution in [-0.4, -0.2) is 51.6 Å². The van der Waals surface area contributed by atoms with Crippen molar-refractivity contribution in [3.05, 3.63) is 67.1 Å². The van der Waals surface area contributed by atoms with E-state index in [0.29, 0.717) is 18.0 Å². The fraction of sp³-hybridized carbons (Fsp3) is 0.296. The van der Waals surface area contributed by atoms with Gasteiger partial charge >= 0.3 is 0 Å². The van der Waals surface area contributed by atoms with Crippen molar-refractivity contribution in [2.45, 2.75) is 27.2 Å². The molecule has 182 valence electrons. The van der Waals surface area contributed by atoms with E-state index in [1.165, 1.54) is 6.33 Å². The van der Waals surface area contributed by atoms with Crippen molar-refractivity contribution in [1.82, 2.24) is 19.5 Å². The average molecular weight is 473 g/mol. The Morgan fingerprint density at radius 3 is 2.31 bits per heavy atom. The Bertz CT molecular complexity index is 1270. The fourth-order valence-corrected chi connectivity index (χ4v) is 4.20. The van der Waals surface area contributed by atoms with E-state index in [-0.39, 0.29) is 5.91 Å². The number of hydrogen-bond donors (Lipinski definition) is 1. The summed E-state index contributed by atoms with van der Waals surface area (Å²) < 4.78 is 7.73. The molecule has 0 aliphatic carbocycles. The first-order valence-electron chi connectivity index (χ1n) is 12.0. The highest BCUT2D eigenvalue weighted by atomic mass is 16.5. The van der Waals surface area contributed by atoms with Gasteiger partial charge in [-0.25, -0.2) is 19.7 Å². The molecular formula is C27H32N6O2.